The molecule has 128 valence electrons. The van der Waals surface area contributed by atoms with Crippen LogP contribution in [0.2, 0.25) is 0 Å². The van der Waals surface area contributed by atoms with Gasteiger partial charge in [-0.15, -0.1) is 0 Å². The second-order valence-corrected chi connectivity index (χ2v) is 6.27. The third-order valence-corrected chi connectivity index (χ3v) is 4.29. The summed E-state index contributed by atoms with van der Waals surface area (Å²) in [5, 5.41) is 2.99. The van der Waals surface area contributed by atoms with Crippen molar-refractivity contribution in [2.24, 2.45) is 0 Å². The summed E-state index contributed by atoms with van der Waals surface area (Å²) in [6, 6.07) is 16.5. The van der Waals surface area contributed by atoms with Gasteiger partial charge in [-0.05, 0) is 43.5 Å². The molecular formula is C21H23N3O. The van der Waals surface area contributed by atoms with E-state index in [1.807, 2.05) is 42.0 Å². The maximum absolute atomic E-state index is 12.0. The Morgan fingerprint density at radius 1 is 1.00 bits per heavy atom. The average molecular weight is 333 g/mol. The molecule has 4 heteroatoms. The molecule has 0 saturated carbocycles. The first-order valence-electron chi connectivity index (χ1n) is 8.53. The second-order valence-electron chi connectivity index (χ2n) is 6.27. The summed E-state index contributed by atoms with van der Waals surface area (Å²) >= 11 is 0. The molecule has 1 aromatic heterocycles. The molecular weight excluding hydrogens is 310 g/mol. The van der Waals surface area contributed by atoms with Crippen LogP contribution in [-0.2, 0) is 17.8 Å². The number of amides is 1. The van der Waals surface area contributed by atoms with Crippen molar-refractivity contribution in [3.05, 3.63) is 83.4 Å². The molecule has 1 amide bonds. The number of benzene rings is 2. The molecule has 3 aromatic rings. The molecule has 2 aromatic carbocycles. The van der Waals surface area contributed by atoms with Gasteiger partial charge in [0.15, 0.2) is 0 Å². The molecule has 4 nitrogen and oxygen atoms in total. The van der Waals surface area contributed by atoms with Crippen LogP contribution in [0.25, 0.3) is 5.69 Å². The number of nitrogens with one attached hydrogen (secondary N) is 1. The molecule has 0 atom stereocenters. The quantitative estimate of drug-likeness (QED) is 0.747. The van der Waals surface area contributed by atoms with E-state index in [1.165, 1.54) is 11.1 Å². The Kier molecular flexibility index (Phi) is 5.29. The highest BCUT2D eigenvalue weighted by Crippen LogP contribution is 2.12. The van der Waals surface area contributed by atoms with Crippen LogP contribution in [0.1, 0.15) is 28.9 Å². The fraction of sp³-hybridized carbons (Fsp3) is 0.238. The van der Waals surface area contributed by atoms with E-state index in [9.17, 15) is 4.79 Å². The van der Waals surface area contributed by atoms with E-state index in [4.69, 9.17) is 0 Å². The zero-order valence-electron chi connectivity index (χ0n) is 14.7. The lowest BCUT2D eigenvalue weighted by Crippen LogP contribution is -2.23. The van der Waals surface area contributed by atoms with E-state index >= 15 is 0 Å². The van der Waals surface area contributed by atoms with Gasteiger partial charge in [-0.3, -0.25) is 4.79 Å². The molecule has 3 rings (SSSR count). The lowest BCUT2D eigenvalue weighted by atomic mass is 10.1. The van der Waals surface area contributed by atoms with Crippen LogP contribution < -0.4 is 5.32 Å². The molecule has 0 aliphatic carbocycles. The van der Waals surface area contributed by atoms with Crippen molar-refractivity contribution in [1.82, 2.24) is 14.9 Å². The van der Waals surface area contributed by atoms with Crippen LogP contribution in [0, 0.1) is 13.8 Å². The molecule has 0 aliphatic rings. The number of rotatable bonds is 6. The summed E-state index contributed by atoms with van der Waals surface area (Å²) in [4.78, 5) is 16.3. The number of aromatic nitrogens is 2. The van der Waals surface area contributed by atoms with Crippen molar-refractivity contribution in [2.45, 2.75) is 33.2 Å². The predicted octanol–water partition coefficient (Wildman–Crippen LogP) is 3.74. The van der Waals surface area contributed by atoms with Crippen molar-refractivity contribution >= 4 is 5.91 Å². The highest BCUT2D eigenvalue weighted by atomic mass is 16.1. The van der Waals surface area contributed by atoms with Gasteiger partial charge >= 0.3 is 0 Å². The second kappa shape index (κ2) is 7.79. The number of nitrogens with zero attached hydrogens (tertiary/aromatic N) is 2. The molecule has 0 fully saturated rings. The third-order valence-electron chi connectivity index (χ3n) is 4.29. The van der Waals surface area contributed by atoms with Gasteiger partial charge in [0.25, 0.3) is 0 Å². The monoisotopic (exact) mass is 333 g/mol. The first-order valence-corrected chi connectivity index (χ1v) is 8.53. The number of aryl methyl sites for hydroxylation is 3. The fourth-order valence-corrected chi connectivity index (χ4v) is 2.73. The van der Waals surface area contributed by atoms with Crippen molar-refractivity contribution in [1.29, 1.82) is 0 Å². The molecule has 1 heterocycles. The van der Waals surface area contributed by atoms with Gasteiger partial charge in [0.2, 0.25) is 5.91 Å². The number of carbonyl (C=O) groups excluding carboxylic acids is 1. The number of carbonyl (C=O) groups is 1. The topological polar surface area (TPSA) is 46.9 Å². The Bertz CT molecular complexity index is 832. The maximum Gasteiger partial charge on any atom is 0.220 e. The highest BCUT2D eigenvalue weighted by Gasteiger charge is 2.04. The van der Waals surface area contributed by atoms with Crippen molar-refractivity contribution in [2.75, 3.05) is 0 Å². The minimum absolute atomic E-state index is 0.0788. The Labute approximate surface area is 148 Å². The molecule has 0 radical (unpaired) electrons. The van der Waals surface area contributed by atoms with Gasteiger partial charge in [-0.25, -0.2) is 4.98 Å². The molecule has 0 saturated heterocycles. The van der Waals surface area contributed by atoms with Crippen LogP contribution in [0.4, 0.5) is 0 Å². The molecule has 0 aliphatic heterocycles. The summed E-state index contributed by atoms with van der Waals surface area (Å²) < 4.78 is 2.03. The lowest BCUT2D eigenvalue weighted by molar-refractivity contribution is -0.121. The third kappa shape index (κ3) is 4.57. The Balaban J connectivity index is 1.48. The molecule has 0 spiro atoms. The zero-order chi connectivity index (χ0) is 17.6. The van der Waals surface area contributed by atoms with Gasteiger partial charge < -0.3 is 9.88 Å². The Hall–Kier alpha value is -2.88. The number of hydrogen-bond acceptors (Lipinski definition) is 2. The minimum atomic E-state index is 0.0788. The zero-order valence-corrected chi connectivity index (χ0v) is 14.7. The van der Waals surface area contributed by atoms with Gasteiger partial charge in [0, 0.05) is 31.0 Å². The van der Waals surface area contributed by atoms with E-state index in [0.29, 0.717) is 13.0 Å². The SMILES string of the molecule is Cc1ccc(CCC(=O)NCc2ccc(-n3ccnc3C)cc2)cc1. The first-order chi connectivity index (χ1) is 12.1. The summed E-state index contributed by atoms with van der Waals surface area (Å²) in [6.45, 7) is 4.59. The van der Waals surface area contributed by atoms with Crippen LogP contribution >= 0.6 is 0 Å². The predicted molar refractivity (Wildman–Crippen MR) is 99.6 cm³/mol. The van der Waals surface area contributed by atoms with E-state index in [0.717, 1.165) is 23.5 Å². The van der Waals surface area contributed by atoms with Gasteiger partial charge in [-0.1, -0.05) is 42.0 Å². The van der Waals surface area contributed by atoms with Crippen LogP contribution in [0.3, 0.4) is 0 Å². The summed E-state index contributed by atoms with van der Waals surface area (Å²) in [5.74, 6) is 1.03. The van der Waals surface area contributed by atoms with E-state index in [1.54, 1.807) is 6.20 Å². The van der Waals surface area contributed by atoms with E-state index in [-0.39, 0.29) is 5.91 Å². The summed E-state index contributed by atoms with van der Waals surface area (Å²) in [6.07, 6.45) is 5.01. The maximum atomic E-state index is 12.0. The van der Waals surface area contributed by atoms with Gasteiger partial charge in [0.05, 0.1) is 0 Å². The summed E-state index contributed by atoms with van der Waals surface area (Å²) in [7, 11) is 0. The number of hydrogen-bond donors (Lipinski definition) is 1. The van der Waals surface area contributed by atoms with Crippen molar-refractivity contribution < 1.29 is 4.79 Å². The highest BCUT2D eigenvalue weighted by molar-refractivity contribution is 5.76. The Morgan fingerprint density at radius 3 is 2.32 bits per heavy atom. The van der Waals surface area contributed by atoms with Crippen molar-refractivity contribution in [3.8, 4) is 5.69 Å². The van der Waals surface area contributed by atoms with Gasteiger partial charge in [-0.2, -0.15) is 0 Å². The molecule has 1 N–H and O–H groups in total. The normalized spacial score (nSPS) is 10.6. The summed E-state index contributed by atoms with van der Waals surface area (Å²) in [5.41, 5.74) is 4.60. The molecule has 25 heavy (non-hydrogen) atoms. The van der Waals surface area contributed by atoms with Crippen molar-refractivity contribution in [3.63, 3.8) is 0 Å². The number of imidazole rings is 1. The largest absolute Gasteiger partial charge is 0.352 e. The first kappa shape index (κ1) is 17.0. The molecule has 0 unspecified atom stereocenters. The minimum Gasteiger partial charge on any atom is -0.352 e. The van der Waals surface area contributed by atoms with Crippen LogP contribution in [-0.4, -0.2) is 15.5 Å². The van der Waals surface area contributed by atoms with E-state index in [2.05, 4.69) is 41.5 Å². The standard InChI is InChI=1S/C21H23N3O/c1-16-3-5-18(6-4-16)9-12-21(25)23-15-19-7-10-20(11-8-19)24-14-13-22-17(24)2/h3-8,10-11,13-14H,9,12,15H2,1-2H3,(H,23,25). The van der Waals surface area contributed by atoms with E-state index < -0.39 is 0 Å². The Morgan fingerprint density at radius 2 is 1.68 bits per heavy atom. The molecule has 0 bridgehead atoms. The lowest BCUT2D eigenvalue weighted by Gasteiger charge is -2.08. The van der Waals surface area contributed by atoms with Crippen LogP contribution in [0.5, 0.6) is 0 Å². The fourth-order valence-electron chi connectivity index (χ4n) is 2.73. The van der Waals surface area contributed by atoms with Crippen LogP contribution in [0.15, 0.2) is 60.9 Å². The smallest absolute Gasteiger partial charge is 0.220 e. The van der Waals surface area contributed by atoms with Gasteiger partial charge in [0.1, 0.15) is 5.82 Å². The average Bonchev–Trinajstić information content (AvgIpc) is 3.06.